The van der Waals surface area contributed by atoms with Gasteiger partial charge in [0.25, 0.3) is 0 Å². The van der Waals surface area contributed by atoms with Gasteiger partial charge in [0.15, 0.2) is 0 Å². The van der Waals surface area contributed by atoms with Gasteiger partial charge in [0.05, 0.1) is 9.67 Å². The Morgan fingerprint density at radius 1 is 1.45 bits per heavy atom. The molecule has 2 aromatic rings. The summed E-state index contributed by atoms with van der Waals surface area (Å²) in [6.07, 6.45) is 1.59. The van der Waals surface area contributed by atoms with Crippen molar-refractivity contribution in [3.63, 3.8) is 0 Å². The van der Waals surface area contributed by atoms with Crippen LogP contribution < -0.4 is 0 Å². The van der Waals surface area contributed by atoms with Crippen LogP contribution in [0.25, 0.3) is 0 Å². The highest BCUT2D eigenvalue weighted by atomic mass is 79.9. The minimum absolute atomic E-state index is 0.271. The maximum Gasteiger partial charge on any atom is 0.244 e. The molecule has 2 aromatic heterocycles. The molecule has 0 bridgehead atoms. The maximum atomic E-state index is 12.5. The number of sulfonamides is 1. The Morgan fingerprint density at radius 3 is 2.65 bits per heavy atom. The molecule has 0 spiro atoms. The third-order valence-electron chi connectivity index (χ3n) is 2.95. The van der Waals surface area contributed by atoms with Crippen LogP contribution in [0, 0.1) is 0 Å². The second-order valence-electron chi connectivity index (χ2n) is 4.43. The average Bonchev–Trinajstić information content (AvgIpc) is 2.95. The first-order chi connectivity index (χ1) is 9.34. The lowest BCUT2D eigenvalue weighted by Gasteiger charge is -2.15. The smallest absolute Gasteiger partial charge is 0.244 e. The van der Waals surface area contributed by atoms with E-state index in [1.54, 1.807) is 30.9 Å². The van der Waals surface area contributed by atoms with E-state index in [0.717, 1.165) is 15.0 Å². The summed E-state index contributed by atoms with van der Waals surface area (Å²) in [5.74, 6) is 0.285. The largest absolute Gasteiger partial charge is 0.352 e. The van der Waals surface area contributed by atoms with Gasteiger partial charge in [-0.25, -0.2) is 8.42 Å². The van der Waals surface area contributed by atoms with E-state index in [4.69, 9.17) is 11.6 Å². The normalized spacial score (nSPS) is 12.2. The quantitative estimate of drug-likeness (QED) is 0.726. The zero-order chi connectivity index (χ0) is 14.9. The second-order valence-corrected chi connectivity index (χ2v) is 9.03. The van der Waals surface area contributed by atoms with E-state index in [-0.39, 0.29) is 10.8 Å². The molecule has 0 radical (unpaired) electrons. The first-order valence-electron chi connectivity index (χ1n) is 5.75. The molecule has 2 rings (SSSR count). The summed E-state index contributed by atoms with van der Waals surface area (Å²) in [5, 5.41) is 1.94. The molecule has 2 heterocycles. The fourth-order valence-electron chi connectivity index (χ4n) is 1.80. The van der Waals surface area contributed by atoms with Crippen molar-refractivity contribution < 1.29 is 8.42 Å². The molecule has 0 aliphatic carbocycles. The maximum absolute atomic E-state index is 12.5. The van der Waals surface area contributed by atoms with Crippen molar-refractivity contribution >= 4 is 48.9 Å². The molecule has 8 heteroatoms. The minimum atomic E-state index is -3.50. The Hall–Kier alpha value is -0.340. The molecule has 0 aliphatic rings. The Labute approximate surface area is 136 Å². The molecular weight excluding hydrogens is 384 g/mol. The molecule has 0 saturated carbocycles. The van der Waals surface area contributed by atoms with Crippen LogP contribution in [0.2, 0.25) is 0 Å². The molecule has 0 fully saturated rings. The number of thiophene rings is 1. The Bertz CT molecular complexity index is 709. The molecule has 4 nitrogen and oxygen atoms in total. The molecule has 110 valence electrons. The van der Waals surface area contributed by atoms with Crippen LogP contribution in [-0.2, 0) is 29.5 Å². The highest BCUT2D eigenvalue weighted by Gasteiger charge is 2.23. The van der Waals surface area contributed by atoms with Crippen molar-refractivity contribution in [1.82, 2.24) is 8.87 Å². The van der Waals surface area contributed by atoms with E-state index in [2.05, 4.69) is 15.9 Å². The number of nitrogens with zero attached hydrogens (tertiary/aromatic N) is 2. The summed E-state index contributed by atoms with van der Waals surface area (Å²) in [4.78, 5) is 0.271. The molecule has 0 atom stereocenters. The number of aromatic nitrogens is 1. The van der Waals surface area contributed by atoms with Gasteiger partial charge in [0.1, 0.15) is 4.90 Å². The molecule has 20 heavy (non-hydrogen) atoms. The van der Waals surface area contributed by atoms with Gasteiger partial charge < -0.3 is 4.57 Å². The summed E-state index contributed by atoms with van der Waals surface area (Å²) in [6.45, 7) is 0.343. The molecule has 0 N–H and O–H groups in total. The topological polar surface area (TPSA) is 42.3 Å². The van der Waals surface area contributed by atoms with Crippen LogP contribution in [-0.4, -0.2) is 24.3 Å². The van der Waals surface area contributed by atoms with Crippen LogP contribution >= 0.6 is 38.9 Å². The standard InChI is InChI=1S/C12H14BrClN2O2S2/c1-15-7-11(4-10(15)5-14)20(17,18)16(2)6-9-3-12(13)19-8-9/h3-4,7-8H,5-6H2,1-2H3. The number of hydrogen-bond acceptors (Lipinski definition) is 3. The van der Waals surface area contributed by atoms with Gasteiger partial charge >= 0.3 is 0 Å². The molecule has 0 saturated heterocycles. The lowest BCUT2D eigenvalue weighted by Crippen LogP contribution is -2.26. The summed E-state index contributed by atoms with van der Waals surface area (Å²) in [5.41, 5.74) is 1.73. The summed E-state index contributed by atoms with van der Waals surface area (Å²) < 4.78 is 29.0. The Morgan fingerprint density at radius 2 is 2.15 bits per heavy atom. The van der Waals surface area contributed by atoms with Crippen LogP contribution in [0.3, 0.4) is 0 Å². The zero-order valence-electron chi connectivity index (χ0n) is 11.0. The number of alkyl halides is 1. The Balaban J connectivity index is 2.24. The van der Waals surface area contributed by atoms with Crippen LogP contribution in [0.1, 0.15) is 11.3 Å². The molecule has 0 aromatic carbocycles. The van der Waals surface area contributed by atoms with Crippen molar-refractivity contribution in [1.29, 1.82) is 0 Å². The zero-order valence-corrected chi connectivity index (χ0v) is 15.0. The van der Waals surface area contributed by atoms with Crippen molar-refractivity contribution in [3.8, 4) is 0 Å². The van der Waals surface area contributed by atoms with Crippen LogP contribution in [0.4, 0.5) is 0 Å². The van der Waals surface area contributed by atoms with E-state index >= 15 is 0 Å². The van der Waals surface area contributed by atoms with Gasteiger partial charge in [0.2, 0.25) is 10.0 Å². The van der Waals surface area contributed by atoms with Gasteiger partial charge in [0, 0.05) is 32.5 Å². The summed E-state index contributed by atoms with van der Waals surface area (Å²) in [6, 6.07) is 3.54. The fourth-order valence-corrected chi connectivity index (χ4v) is 4.52. The molecule has 0 aliphatic heterocycles. The van der Waals surface area contributed by atoms with Gasteiger partial charge in [-0.1, -0.05) is 0 Å². The number of halogens is 2. The Kier molecular flexibility index (Phi) is 4.96. The van der Waals surface area contributed by atoms with E-state index < -0.39 is 10.0 Å². The van der Waals surface area contributed by atoms with Crippen molar-refractivity contribution in [2.75, 3.05) is 7.05 Å². The second kappa shape index (κ2) is 6.19. The van der Waals surface area contributed by atoms with Gasteiger partial charge in [-0.05, 0) is 39.0 Å². The molecule has 0 unspecified atom stereocenters. The van der Waals surface area contributed by atoms with Crippen LogP contribution in [0.5, 0.6) is 0 Å². The van der Waals surface area contributed by atoms with E-state index in [0.29, 0.717) is 6.54 Å². The van der Waals surface area contributed by atoms with Gasteiger partial charge in [-0.3, -0.25) is 0 Å². The summed E-state index contributed by atoms with van der Waals surface area (Å²) >= 11 is 10.7. The predicted molar refractivity (Wildman–Crippen MR) is 85.6 cm³/mol. The minimum Gasteiger partial charge on any atom is -0.352 e. The number of rotatable bonds is 5. The monoisotopic (exact) mass is 396 g/mol. The lowest BCUT2D eigenvalue weighted by molar-refractivity contribution is 0.467. The average molecular weight is 398 g/mol. The highest BCUT2D eigenvalue weighted by molar-refractivity contribution is 9.11. The third-order valence-corrected chi connectivity index (χ3v) is 6.55. The number of hydrogen-bond donors (Lipinski definition) is 0. The molecular formula is C12H14BrClN2O2S2. The SMILES string of the molecule is CN(Cc1csc(Br)c1)S(=O)(=O)c1cc(CCl)n(C)c1. The fraction of sp³-hybridized carbons (Fsp3) is 0.333. The van der Waals surface area contributed by atoms with Crippen molar-refractivity contribution in [2.24, 2.45) is 7.05 Å². The van der Waals surface area contributed by atoms with Gasteiger partial charge in [-0.15, -0.1) is 22.9 Å². The van der Waals surface area contributed by atoms with Crippen molar-refractivity contribution in [3.05, 3.63) is 38.8 Å². The first-order valence-corrected chi connectivity index (χ1v) is 9.39. The lowest BCUT2D eigenvalue weighted by atomic mass is 10.3. The first kappa shape index (κ1) is 16.0. The predicted octanol–water partition coefficient (Wildman–Crippen LogP) is 3.41. The third kappa shape index (κ3) is 3.28. The van der Waals surface area contributed by atoms with E-state index in [9.17, 15) is 8.42 Å². The van der Waals surface area contributed by atoms with E-state index in [1.165, 1.54) is 15.6 Å². The molecule has 0 amide bonds. The number of aryl methyl sites for hydroxylation is 1. The van der Waals surface area contributed by atoms with E-state index in [1.807, 2.05) is 11.4 Å². The van der Waals surface area contributed by atoms with Crippen molar-refractivity contribution in [2.45, 2.75) is 17.3 Å². The summed E-state index contributed by atoms with van der Waals surface area (Å²) in [7, 11) is -0.134. The van der Waals surface area contributed by atoms with Crippen LogP contribution in [0.15, 0.2) is 32.4 Å². The van der Waals surface area contributed by atoms with Gasteiger partial charge in [-0.2, -0.15) is 4.31 Å². The highest BCUT2D eigenvalue weighted by Crippen LogP contribution is 2.24.